The molecule has 0 aromatic heterocycles. The zero-order chi connectivity index (χ0) is 37.0. The molecule has 0 unspecified atom stereocenters. The van der Waals surface area contributed by atoms with Crippen molar-refractivity contribution < 1.29 is 38.7 Å². The molecule has 14 heteroatoms. The third kappa shape index (κ3) is 11.4. The molecule has 0 saturated carbocycles. The van der Waals surface area contributed by atoms with Crippen LogP contribution < -0.4 is 21.7 Å². The lowest BCUT2D eigenvalue weighted by molar-refractivity contribution is -0.148. The molecule has 270 valence electrons. The third-order valence-corrected chi connectivity index (χ3v) is 8.55. The highest BCUT2D eigenvalue weighted by Crippen LogP contribution is 2.23. The number of likely N-dealkylation sites (N-methyl/N-ethyl adjacent to an activating group) is 1. The van der Waals surface area contributed by atoms with Gasteiger partial charge in [-0.1, -0.05) is 74.5 Å². The normalized spacial score (nSPS) is 16.4. The summed E-state index contributed by atoms with van der Waals surface area (Å²) in [5.41, 5.74) is 6.75. The van der Waals surface area contributed by atoms with Crippen molar-refractivity contribution in [1.82, 2.24) is 25.8 Å². The van der Waals surface area contributed by atoms with E-state index in [0.29, 0.717) is 31.4 Å². The lowest BCUT2D eigenvalue weighted by Gasteiger charge is -2.35. The smallest absolute Gasteiger partial charge is 0.305 e. The van der Waals surface area contributed by atoms with Crippen molar-refractivity contribution >= 4 is 41.4 Å². The number of likely N-dealkylation sites (tertiary alicyclic amines) is 1. The van der Waals surface area contributed by atoms with Gasteiger partial charge in [-0.15, -0.1) is 0 Å². The number of nitrogens with zero attached hydrogens (tertiary/aromatic N) is 2. The van der Waals surface area contributed by atoms with E-state index in [1.165, 1.54) is 23.8 Å². The average Bonchev–Trinajstić information content (AvgIpc) is 3.55. The summed E-state index contributed by atoms with van der Waals surface area (Å²) in [6.07, 6.45) is 0.602. The van der Waals surface area contributed by atoms with Gasteiger partial charge in [-0.05, 0) is 36.3 Å². The monoisotopic (exact) mass is 692 g/mol. The zero-order valence-electron chi connectivity index (χ0n) is 29.0. The van der Waals surface area contributed by atoms with Crippen LogP contribution >= 0.6 is 0 Å². The Morgan fingerprint density at radius 1 is 0.840 bits per heavy atom. The molecule has 5 atom stereocenters. The van der Waals surface area contributed by atoms with Crippen LogP contribution in [0.15, 0.2) is 60.7 Å². The molecule has 1 aliphatic rings. The summed E-state index contributed by atoms with van der Waals surface area (Å²) >= 11 is 0. The molecule has 1 fully saturated rings. The molecule has 0 aliphatic carbocycles. The van der Waals surface area contributed by atoms with Gasteiger partial charge in [0.1, 0.15) is 30.2 Å². The Morgan fingerprint density at radius 3 is 1.92 bits per heavy atom. The molecule has 6 amide bonds. The minimum Gasteiger partial charge on any atom is -0.481 e. The second-order valence-corrected chi connectivity index (χ2v) is 13.0. The summed E-state index contributed by atoms with van der Waals surface area (Å²) in [6, 6.07) is 12.1. The first-order valence-electron chi connectivity index (χ1n) is 16.7. The van der Waals surface area contributed by atoms with Crippen molar-refractivity contribution in [2.45, 2.75) is 89.5 Å². The lowest BCUT2D eigenvalue weighted by atomic mass is 10.00. The van der Waals surface area contributed by atoms with Crippen LogP contribution in [-0.4, -0.2) is 100 Å². The van der Waals surface area contributed by atoms with Crippen molar-refractivity contribution in [3.63, 3.8) is 0 Å². The van der Waals surface area contributed by atoms with Gasteiger partial charge in [0.15, 0.2) is 0 Å². The minimum absolute atomic E-state index is 0.0159. The minimum atomic E-state index is -1.53. The van der Waals surface area contributed by atoms with Gasteiger partial charge in [0, 0.05) is 33.4 Å². The second kappa shape index (κ2) is 18.5. The number of nitrogens with two attached hydrogens (primary N) is 1. The maximum absolute atomic E-state index is 14.2. The highest BCUT2D eigenvalue weighted by molar-refractivity contribution is 5.97. The highest BCUT2D eigenvalue weighted by Gasteiger charge is 2.41. The van der Waals surface area contributed by atoms with E-state index in [2.05, 4.69) is 16.0 Å². The molecule has 14 nitrogen and oxygen atoms in total. The number of hydrogen-bond donors (Lipinski definition) is 5. The number of rotatable bonds is 17. The molecule has 1 saturated heterocycles. The molecule has 1 heterocycles. The maximum atomic E-state index is 14.2. The van der Waals surface area contributed by atoms with Crippen LogP contribution in [0.2, 0.25) is 0 Å². The Hall–Kier alpha value is -5.27. The van der Waals surface area contributed by atoms with E-state index in [9.17, 15) is 38.7 Å². The molecule has 0 radical (unpaired) electrons. The van der Waals surface area contributed by atoms with Gasteiger partial charge in [0.05, 0.1) is 6.42 Å². The summed E-state index contributed by atoms with van der Waals surface area (Å²) < 4.78 is 0. The number of carboxylic acid groups (broad SMARTS) is 1. The van der Waals surface area contributed by atoms with Crippen LogP contribution in [0.4, 0.5) is 0 Å². The van der Waals surface area contributed by atoms with Crippen LogP contribution in [0.5, 0.6) is 0 Å². The first-order valence-corrected chi connectivity index (χ1v) is 16.7. The van der Waals surface area contributed by atoms with Crippen molar-refractivity contribution in [3.8, 4) is 0 Å². The van der Waals surface area contributed by atoms with E-state index in [1.54, 1.807) is 54.6 Å². The van der Waals surface area contributed by atoms with E-state index in [-0.39, 0.29) is 30.6 Å². The van der Waals surface area contributed by atoms with Gasteiger partial charge < -0.3 is 36.6 Å². The molecule has 0 bridgehead atoms. The van der Waals surface area contributed by atoms with Crippen molar-refractivity contribution in [3.05, 3.63) is 71.8 Å². The van der Waals surface area contributed by atoms with Crippen LogP contribution in [0.1, 0.15) is 57.6 Å². The number of hydrogen-bond acceptors (Lipinski definition) is 7. The van der Waals surface area contributed by atoms with E-state index >= 15 is 0 Å². The van der Waals surface area contributed by atoms with E-state index < -0.39 is 66.2 Å². The first-order chi connectivity index (χ1) is 23.7. The molecule has 3 rings (SSSR count). The molecule has 2 aromatic rings. The number of nitrogens with one attached hydrogen (secondary N) is 3. The van der Waals surface area contributed by atoms with Crippen LogP contribution in [0.3, 0.4) is 0 Å². The van der Waals surface area contributed by atoms with Gasteiger partial charge in [-0.2, -0.15) is 0 Å². The molecular formula is C36H48N6O8. The third-order valence-electron chi connectivity index (χ3n) is 8.55. The quantitative estimate of drug-likeness (QED) is 0.160. The fourth-order valence-electron chi connectivity index (χ4n) is 6.05. The maximum Gasteiger partial charge on any atom is 0.305 e. The standard InChI is InChI=1S/C36H48N6O8/c1-22(2)18-28(38-23(3)43)35(49)42-17-11-16-29(42)36(50)41(4)30(20-25-14-9-6-10-15-25)34(48)40-27(19-24-12-7-5-8-13-24)33(47)39-26(32(37)46)21-31(44)45/h5-10,12-15,22,26-30H,11,16-21H2,1-4H3,(H2,37,46)(H,38,43)(H,39,47)(H,40,48)(H,44,45)/t26-,27+,28-,29-,30-/m0/s1. The molecule has 50 heavy (non-hydrogen) atoms. The second-order valence-electron chi connectivity index (χ2n) is 13.0. The highest BCUT2D eigenvalue weighted by atomic mass is 16.4. The van der Waals surface area contributed by atoms with Crippen molar-refractivity contribution in [2.75, 3.05) is 13.6 Å². The number of carboxylic acids is 1. The summed E-state index contributed by atoms with van der Waals surface area (Å²) in [5.74, 6) is -5.03. The molecule has 0 spiro atoms. The average molecular weight is 693 g/mol. The lowest BCUT2D eigenvalue weighted by Crippen LogP contribution is -2.60. The summed E-state index contributed by atoms with van der Waals surface area (Å²) in [4.78, 5) is 93.5. The summed E-state index contributed by atoms with van der Waals surface area (Å²) in [6.45, 7) is 5.50. The zero-order valence-corrected chi connectivity index (χ0v) is 29.0. The van der Waals surface area contributed by atoms with Gasteiger partial charge >= 0.3 is 5.97 Å². The molecule has 2 aromatic carbocycles. The van der Waals surface area contributed by atoms with Crippen molar-refractivity contribution in [2.24, 2.45) is 11.7 Å². The fourth-order valence-corrected chi connectivity index (χ4v) is 6.05. The van der Waals surface area contributed by atoms with Gasteiger partial charge in [-0.3, -0.25) is 33.6 Å². The Morgan fingerprint density at radius 2 is 1.40 bits per heavy atom. The van der Waals surface area contributed by atoms with Gasteiger partial charge in [0.2, 0.25) is 35.4 Å². The van der Waals surface area contributed by atoms with E-state index in [0.717, 1.165) is 5.56 Å². The number of carbonyl (C=O) groups excluding carboxylic acids is 6. The largest absolute Gasteiger partial charge is 0.481 e. The fraction of sp³-hybridized carbons (Fsp3) is 0.472. The Kier molecular flexibility index (Phi) is 14.5. The number of carbonyl (C=O) groups is 7. The summed E-state index contributed by atoms with van der Waals surface area (Å²) in [7, 11) is 1.47. The number of amides is 6. The number of benzene rings is 2. The van der Waals surface area contributed by atoms with Crippen LogP contribution in [-0.2, 0) is 46.4 Å². The predicted octanol–water partition coefficient (Wildman–Crippen LogP) is 0.770. The van der Waals surface area contributed by atoms with Crippen LogP contribution in [0.25, 0.3) is 0 Å². The molecule has 1 aliphatic heterocycles. The van der Waals surface area contributed by atoms with Gasteiger partial charge in [-0.25, -0.2) is 0 Å². The molecule has 6 N–H and O–H groups in total. The summed E-state index contributed by atoms with van der Waals surface area (Å²) in [5, 5.41) is 17.0. The Bertz CT molecular complexity index is 1520. The Balaban J connectivity index is 1.93. The predicted molar refractivity (Wildman–Crippen MR) is 184 cm³/mol. The van der Waals surface area contributed by atoms with Crippen molar-refractivity contribution in [1.29, 1.82) is 0 Å². The number of aliphatic carboxylic acids is 1. The topological polar surface area (TPSA) is 208 Å². The molecular weight excluding hydrogens is 644 g/mol. The van der Waals surface area contributed by atoms with Gasteiger partial charge in [0.25, 0.3) is 0 Å². The SMILES string of the molecule is CC(=O)N[C@@H](CC(C)C)C(=O)N1CCC[C@H]1C(=O)N(C)[C@@H](Cc1ccccc1)C(=O)N[C@H](Cc1ccccc1)C(=O)N[C@@H](CC(=O)O)C(N)=O. The van der Waals surface area contributed by atoms with E-state index in [1.807, 2.05) is 19.9 Å². The van der Waals surface area contributed by atoms with Crippen LogP contribution in [0, 0.1) is 5.92 Å². The first kappa shape index (κ1) is 39.2. The van der Waals surface area contributed by atoms with E-state index in [4.69, 9.17) is 5.73 Å². The Labute approximate surface area is 292 Å². The number of primary amides is 1.